The predicted octanol–water partition coefficient (Wildman–Crippen LogP) is 4.92. The van der Waals surface area contributed by atoms with Crippen LogP contribution in [0.4, 0.5) is 0 Å². The molecule has 35 heavy (non-hydrogen) atoms. The second-order valence-corrected chi connectivity index (χ2v) is 8.19. The topological polar surface area (TPSA) is 88.8 Å². The Balaban J connectivity index is 1.33. The highest BCUT2D eigenvalue weighted by molar-refractivity contribution is 5.90. The molecule has 0 aliphatic heterocycles. The van der Waals surface area contributed by atoms with E-state index >= 15 is 0 Å². The molecule has 0 radical (unpaired) electrons. The van der Waals surface area contributed by atoms with E-state index in [4.69, 9.17) is 9.15 Å². The molecule has 0 spiro atoms. The van der Waals surface area contributed by atoms with Crippen LogP contribution in [0.25, 0.3) is 21.9 Å². The van der Waals surface area contributed by atoms with Gasteiger partial charge in [0, 0.05) is 6.07 Å². The molecule has 4 aromatic carbocycles. The molecule has 2 atom stereocenters. The van der Waals surface area contributed by atoms with Crippen LogP contribution in [0.15, 0.2) is 112 Å². The van der Waals surface area contributed by atoms with Crippen LogP contribution in [0.1, 0.15) is 23.3 Å². The van der Waals surface area contributed by atoms with Crippen molar-refractivity contribution in [3.05, 3.63) is 124 Å². The first-order valence-corrected chi connectivity index (χ1v) is 11.3. The highest BCUT2D eigenvalue weighted by atomic mass is 16.5. The Morgan fingerprint density at radius 2 is 1.43 bits per heavy atom. The normalized spacial score (nSPS) is 12.8. The van der Waals surface area contributed by atoms with E-state index in [0.29, 0.717) is 33.3 Å². The molecule has 5 aromatic rings. The van der Waals surface area contributed by atoms with E-state index in [-0.39, 0.29) is 12.0 Å². The molecule has 0 unspecified atom stereocenters. The van der Waals surface area contributed by atoms with Crippen molar-refractivity contribution in [2.24, 2.45) is 0 Å². The SMILES string of the molecule is O=C(COc1ccc2c(=O)c3ccccc3oc2c1)N[C@@H](c1ccccc1)[C@H](O)c1ccccc1. The molecular weight excluding hydrogens is 442 g/mol. The second-order valence-electron chi connectivity index (χ2n) is 8.19. The zero-order chi connectivity index (χ0) is 24.2. The number of fused-ring (bicyclic) bond motifs is 2. The maximum atomic E-state index is 12.8. The zero-order valence-electron chi connectivity index (χ0n) is 18.8. The van der Waals surface area contributed by atoms with Crippen LogP contribution >= 0.6 is 0 Å². The molecule has 2 N–H and O–H groups in total. The Hall–Kier alpha value is -4.42. The number of hydrogen-bond donors (Lipinski definition) is 2. The third-order valence-electron chi connectivity index (χ3n) is 5.85. The summed E-state index contributed by atoms with van der Waals surface area (Å²) < 4.78 is 11.6. The van der Waals surface area contributed by atoms with Gasteiger partial charge in [-0.3, -0.25) is 9.59 Å². The molecule has 6 nitrogen and oxygen atoms in total. The van der Waals surface area contributed by atoms with Crippen LogP contribution in [-0.4, -0.2) is 17.6 Å². The number of benzene rings is 4. The lowest BCUT2D eigenvalue weighted by molar-refractivity contribution is -0.124. The first-order valence-electron chi connectivity index (χ1n) is 11.3. The molecule has 1 heterocycles. The van der Waals surface area contributed by atoms with Gasteiger partial charge in [-0.1, -0.05) is 72.8 Å². The third-order valence-corrected chi connectivity index (χ3v) is 5.85. The van der Waals surface area contributed by atoms with Crippen LogP contribution in [0, 0.1) is 0 Å². The summed E-state index contributed by atoms with van der Waals surface area (Å²) in [5.74, 6) is -0.000143. The number of amides is 1. The van der Waals surface area contributed by atoms with Crippen molar-refractivity contribution in [3.63, 3.8) is 0 Å². The molecule has 6 heteroatoms. The summed E-state index contributed by atoms with van der Waals surface area (Å²) in [4.78, 5) is 25.5. The molecule has 1 amide bonds. The van der Waals surface area contributed by atoms with Crippen LogP contribution in [-0.2, 0) is 4.79 Å². The van der Waals surface area contributed by atoms with Gasteiger partial charge in [0.1, 0.15) is 23.0 Å². The number of aliphatic hydroxyl groups excluding tert-OH is 1. The van der Waals surface area contributed by atoms with E-state index in [1.54, 1.807) is 42.5 Å². The quantitative estimate of drug-likeness (QED) is 0.333. The van der Waals surface area contributed by atoms with Gasteiger partial charge in [0.05, 0.1) is 16.8 Å². The molecule has 0 fully saturated rings. The van der Waals surface area contributed by atoms with Crippen molar-refractivity contribution in [2.45, 2.75) is 12.1 Å². The van der Waals surface area contributed by atoms with Crippen LogP contribution in [0.3, 0.4) is 0 Å². The van der Waals surface area contributed by atoms with Crippen molar-refractivity contribution in [1.29, 1.82) is 0 Å². The van der Waals surface area contributed by atoms with Crippen molar-refractivity contribution < 1.29 is 19.1 Å². The number of rotatable bonds is 7. The summed E-state index contributed by atoms with van der Waals surface area (Å²) in [6.07, 6.45) is -0.939. The lowest BCUT2D eigenvalue weighted by Crippen LogP contribution is -2.35. The van der Waals surface area contributed by atoms with Crippen LogP contribution in [0.5, 0.6) is 5.75 Å². The third kappa shape index (κ3) is 4.78. The van der Waals surface area contributed by atoms with Gasteiger partial charge in [0.25, 0.3) is 5.91 Å². The molecule has 0 aliphatic rings. The van der Waals surface area contributed by atoms with E-state index in [9.17, 15) is 14.7 Å². The maximum absolute atomic E-state index is 12.8. The van der Waals surface area contributed by atoms with Gasteiger partial charge < -0.3 is 19.6 Å². The molecule has 0 saturated heterocycles. The maximum Gasteiger partial charge on any atom is 0.258 e. The fraction of sp³-hybridized carbons (Fsp3) is 0.103. The van der Waals surface area contributed by atoms with E-state index in [0.717, 1.165) is 5.56 Å². The van der Waals surface area contributed by atoms with E-state index in [1.807, 2.05) is 60.7 Å². The molecule has 0 bridgehead atoms. The fourth-order valence-corrected chi connectivity index (χ4v) is 4.08. The summed E-state index contributed by atoms with van der Waals surface area (Å²) in [6.45, 7) is -0.270. The molecule has 0 aliphatic carbocycles. The van der Waals surface area contributed by atoms with E-state index in [1.165, 1.54) is 0 Å². The van der Waals surface area contributed by atoms with Gasteiger partial charge >= 0.3 is 0 Å². The molecule has 0 saturated carbocycles. The number of nitrogens with one attached hydrogen (secondary N) is 1. The number of hydrogen-bond acceptors (Lipinski definition) is 5. The number of para-hydroxylation sites is 1. The Morgan fingerprint density at radius 3 is 2.17 bits per heavy atom. The highest BCUT2D eigenvalue weighted by Crippen LogP contribution is 2.29. The van der Waals surface area contributed by atoms with Gasteiger partial charge in [-0.05, 0) is 35.4 Å². The van der Waals surface area contributed by atoms with Crippen molar-refractivity contribution >= 4 is 27.8 Å². The van der Waals surface area contributed by atoms with Gasteiger partial charge in [0.15, 0.2) is 6.61 Å². The van der Waals surface area contributed by atoms with Gasteiger partial charge in [0.2, 0.25) is 5.43 Å². The Kier molecular flexibility index (Phi) is 6.28. The minimum atomic E-state index is -0.939. The number of carbonyl (C=O) groups is 1. The first kappa shape index (κ1) is 22.4. The second kappa shape index (κ2) is 9.83. The minimum absolute atomic E-state index is 0.119. The number of carbonyl (C=O) groups excluding carboxylic acids is 1. The number of aliphatic hydroxyl groups is 1. The molecule has 174 valence electrons. The zero-order valence-corrected chi connectivity index (χ0v) is 18.8. The Bertz CT molecular complexity index is 1530. The van der Waals surface area contributed by atoms with Crippen LogP contribution in [0.2, 0.25) is 0 Å². The van der Waals surface area contributed by atoms with Gasteiger partial charge in [-0.25, -0.2) is 0 Å². The van der Waals surface area contributed by atoms with Gasteiger partial charge in [-0.2, -0.15) is 0 Å². The van der Waals surface area contributed by atoms with E-state index in [2.05, 4.69) is 5.32 Å². The minimum Gasteiger partial charge on any atom is -0.484 e. The summed E-state index contributed by atoms with van der Waals surface area (Å²) in [5.41, 5.74) is 2.22. The fourth-order valence-electron chi connectivity index (χ4n) is 4.08. The van der Waals surface area contributed by atoms with Crippen molar-refractivity contribution in [2.75, 3.05) is 6.61 Å². The Labute approximate surface area is 201 Å². The summed E-state index contributed by atoms with van der Waals surface area (Å²) in [7, 11) is 0. The first-order chi connectivity index (χ1) is 17.1. The van der Waals surface area contributed by atoms with Gasteiger partial charge in [-0.15, -0.1) is 0 Å². The van der Waals surface area contributed by atoms with E-state index < -0.39 is 18.1 Å². The largest absolute Gasteiger partial charge is 0.484 e. The van der Waals surface area contributed by atoms with Crippen molar-refractivity contribution in [3.8, 4) is 5.75 Å². The predicted molar refractivity (Wildman–Crippen MR) is 134 cm³/mol. The summed E-state index contributed by atoms with van der Waals surface area (Å²) in [5, 5.41) is 14.8. The average Bonchev–Trinajstić information content (AvgIpc) is 2.91. The lowest BCUT2D eigenvalue weighted by Gasteiger charge is -2.25. The monoisotopic (exact) mass is 465 g/mol. The molecule has 1 aromatic heterocycles. The smallest absolute Gasteiger partial charge is 0.258 e. The standard InChI is InChI=1S/C29H23NO5/c31-26(30-27(19-9-3-1-4-10-19)28(32)20-11-5-2-6-12-20)18-34-21-15-16-23-25(17-21)35-24-14-8-7-13-22(24)29(23)33/h1-17,27-28,32H,18H2,(H,30,31)/t27-,28+/m0/s1. The Morgan fingerprint density at radius 1 is 0.800 bits per heavy atom. The highest BCUT2D eigenvalue weighted by Gasteiger charge is 2.24. The average molecular weight is 466 g/mol. The summed E-state index contributed by atoms with van der Waals surface area (Å²) >= 11 is 0. The summed E-state index contributed by atoms with van der Waals surface area (Å²) in [6, 6.07) is 29.7. The molecular formula is C29H23NO5. The molecule has 5 rings (SSSR count). The lowest BCUT2D eigenvalue weighted by atomic mass is 9.96. The van der Waals surface area contributed by atoms with Crippen molar-refractivity contribution in [1.82, 2.24) is 5.32 Å². The van der Waals surface area contributed by atoms with Crippen LogP contribution < -0.4 is 15.5 Å². The number of ether oxygens (including phenoxy) is 1.